The molecule has 0 bridgehead atoms. The zero-order chi connectivity index (χ0) is 24.2. The summed E-state index contributed by atoms with van der Waals surface area (Å²) < 4.78 is 13.1. The van der Waals surface area contributed by atoms with E-state index in [2.05, 4.69) is 15.2 Å². The van der Waals surface area contributed by atoms with Crippen LogP contribution >= 0.6 is 11.3 Å². The minimum atomic E-state index is -0.0532. The molecule has 9 heteroatoms. The predicted molar refractivity (Wildman–Crippen MR) is 137 cm³/mol. The number of anilines is 2. The maximum atomic E-state index is 13.7. The van der Waals surface area contributed by atoms with Crippen LogP contribution in [0, 0.1) is 6.92 Å². The van der Waals surface area contributed by atoms with Gasteiger partial charge in [0.2, 0.25) is 0 Å². The molecule has 0 aliphatic carbocycles. The van der Waals surface area contributed by atoms with E-state index in [4.69, 9.17) is 14.5 Å². The molecule has 1 fully saturated rings. The second-order valence-corrected chi connectivity index (χ2v) is 9.18. The summed E-state index contributed by atoms with van der Waals surface area (Å²) >= 11 is 1.61. The lowest BCUT2D eigenvalue weighted by Gasteiger charge is -2.23. The topological polar surface area (TPSA) is 81.5 Å². The average molecular weight is 484 g/mol. The molecule has 3 heterocycles. The largest absolute Gasteiger partial charge is 0.497 e. The SMILES string of the molecule is CCO[C@@H]1CN(c2nccs2)C[C@H]1Nc1c(CC)nc(-c2ccc(OC)cc2C)n(CC)c1=O. The third-order valence-corrected chi connectivity index (χ3v) is 7.07. The first-order valence-corrected chi connectivity index (χ1v) is 12.7. The molecule has 0 unspecified atom stereocenters. The summed E-state index contributed by atoms with van der Waals surface area (Å²) in [6.07, 6.45) is 2.42. The van der Waals surface area contributed by atoms with E-state index in [1.165, 1.54) is 0 Å². The van der Waals surface area contributed by atoms with Crippen LogP contribution in [0.2, 0.25) is 0 Å². The minimum absolute atomic E-state index is 0.0393. The molecule has 182 valence electrons. The molecule has 1 N–H and O–H groups in total. The van der Waals surface area contributed by atoms with Crippen LogP contribution in [-0.4, -0.2) is 53.5 Å². The van der Waals surface area contributed by atoms with Crippen molar-refractivity contribution in [2.45, 2.75) is 52.8 Å². The number of rotatable bonds is 9. The third-order valence-electron chi connectivity index (χ3n) is 6.24. The molecule has 0 spiro atoms. The summed E-state index contributed by atoms with van der Waals surface area (Å²) in [5.74, 6) is 1.47. The van der Waals surface area contributed by atoms with Crippen LogP contribution in [0.25, 0.3) is 11.4 Å². The van der Waals surface area contributed by atoms with Gasteiger partial charge >= 0.3 is 0 Å². The van der Waals surface area contributed by atoms with Crippen molar-refractivity contribution in [3.8, 4) is 17.1 Å². The van der Waals surface area contributed by atoms with E-state index >= 15 is 0 Å². The number of nitrogens with one attached hydrogen (secondary N) is 1. The Morgan fingerprint density at radius 1 is 1.24 bits per heavy atom. The van der Waals surface area contributed by atoms with E-state index in [1.807, 2.05) is 57.5 Å². The highest BCUT2D eigenvalue weighted by atomic mass is 32.1. The van der Waals surface area contributed by atoms with Gasteiger partial charge in [-0.05, 0) is 51.0 Å². The lowest BCUT2D eigenvalue weighted by Crippen LogP contribution is -2.38. The normalized spacial score (nSPS) is 17.9. The number of thiazole rings is 1. The molecule has 1 aliphatic rings. The number of aryl methyl sites for hydroxylation is 2. The summed E-state index contributed by atoms with van der Waals surface area (Å²) in [6, 6.07) is 5.81. The van der Waals surface area contributed by atoms with Crippen LogP contribution in [0.5, 0.6) is 5.75 Å². The van der Waals surface area contributed by atoms with Gasteiger partial charge in [-0.25, -0.2) is 9.97 Å². The van der Waals surface area contributed by atoms with Gasteiger partial charge in [-0.15, -0.1) is 11.3 Å². The third kappa shape index (κ3) is 4.67. The minimum Gasteiger partial charge on any atom is -0.497 e. The second kappa shape index (κ2) is 10.6. The van der Waals surface area contributed by atoms with Gasteiger partial charge in [0.1, 0.15) is 17.3 Å². The summed E-state index contributed by atoms with van der Waals surface area (Å²) in [6.45, 7) is 10.6. The molecule has 2 aromatic heterocycles. The van der Waals surface area contributed by atoms with Gasteiger partial charge in [0.25, 0.3) is 5.56 Å². The van der Waals surface area contributed by atoms with Crippen molar-refractivity contribution in [1.29, 1.82) is 0 Å². The highest BCUT2D eigenvalue weighted by Gasteiger charge is 2.35. The van der Waals surface area contributed by atoms with Gasteiger partial charge in [-0.1, -0.05) is 6.92 Å². The Morgan fingerprint density at radius 3 is 2.68 bits per heavy atom. The Hall–Kier alpha value is -2.91. The molecular formula is C25H33N5O3S. The van der Waals surface area contributed by atoms with Crippen molar-refractivity contribution >= 4 is 22.2 Å². The fourth-order valence-corrected chi connectivity index (χ4v) is 5.19. The van der Waals surface area contributed by atoms with E-state index in [9.17, 15) is 4.79 Å². The van der Waals surface area contributed by atoms with Crippen LogP contribution in [0.3, 0.4) is 0 Å². The molecule has 2 atom stereocenters. The van der Waals surface area contributed by atoms with E-state index in [0.29, 0.717) is 37.6 Å². The fraction of sp³-hybridized carbons (Fsp3) is 0.480. The van der Waals surface area contributed by atoms with E-state index < -0.39 is 0 Å². The number of ether oxygens (including phenoxy) is 2. The Morgan fingerprint density at radius 2 is 2.06 bits per heavy atom. The van der Waals surface area contributed by atoms with Gasteiger partial charge in [-0.2, -0.15) is 0 Å². The molecular weight excluding hydrogens is 450 g/mol. The van der Waals surface area contributed by atoms with Gasteiger partial charge in [-0.3, -0.25) is 9.36 Å². The van der Waals surface area contributed by atoms with Crippen molar-refractivity contribution in [2.24, 2.45) is 0 Å². The van der Waals surface area contributed by atoms with Crippen molar-refractivity contribution < 1.29 is 9.47 Å². The quantitative estimate of drug-likeness (QED) is 0.493. The smallest absolute Gasteiger partial charge is 0.277 e. The number of methoxy groups -OCH3 is 1. The molecule has 1 aromatic carbocycles. The molecule has 8 nitrogen and oxygen atoms in total. The van der Waals surface area contributed by atoms with Crippen molar-refractivity contribution in [1.82, 2.24) is 14.5 Å². The maximum absolute atomic E-state index is 13.7. The number of nitrogens with zero attached hydrogens (tertiary/aromatic N) is 4. The number of aromatic nitrogens is 3. The monoisotopic (exact) mass is 483 g/mol. The molecule has 1 aliphatic heterocycles. The standard InChI is InChI=1S/C25H33N5O3S/c1-6-19-22(27-20-14-29(15-21(20)33-8-3)25-26-11-12-34-25)24(31)30(7-2)23(28-19)18-10-9-17(32-5)13-16(18)4/h9-13,20-21,27H,6-8,14-15H2,1-5H3/t20-,21-/m1/s1. The van der Waals surface area contributed by atoms with E-state index in [-0.39, 0.29) is 17.7 Å². The van der Waals surface area contributed by atoms with E-state index in [1.54, 1.807) is 23.0 Å². The van der Waals surface area contributed by atoms with Crippen molar-refractivity contribution in [2.75, 3.05) is 37.0 Å². The Bertz CT molecular complexity index is 1180. The Kier molecular flexibility index (Phi) is 7.53. The lowest BCUT2D eigenvalue weighted by molar-refractivity contribution is 0.0720. The maximum Gasteiger partial charge on any atom is 0.277 e. The average Bonchev–Trinajstić information content (AvgIpc) is 3.51. The summed E-state index contributed by atoms with van der Waals surface area (Å²) in [7, 11) is 1.65. The molecule has 0 radical (unpaired) electrons. The van der Waals surface area contributed by atoms with Crippen LogP contribution in [0.15, 0.2) is 34.6 Å². The van der Waals surface area contributed by atoms with Gasteiger partial charge in [0.05, 0.1) is 24.9 Å². The first-order chi connectivity index (χ1) is 16.5. The van der Waals surface area contributed by atoms with Gasteiger partial charge < -0.3 is 19.7 Å². The van der Waals surface area contributed by atoms with E-state index in [0.717, 1.165) is 34.2 Å². The summed E-state index contributed by atoms with van der Waals surface area (Å²) in [4.78, 5) is 25.4. The van der Waals surface area contributed by atoms with Crippen LogP contribution in [0.1, 0.15) is 32.0 Å². The first kappa shape index (κ1) is 24.2. The number of benzene rings is 1. The zero-order valence-corrected chi connectivity index (χ0v) is 21.3. The fourth-order valence-electron chi connectivity index (χ4n) is 4.52. The molecule has 3 aromatic rings. The van der Waals surface area contributed by atoms with Crippen molar-refractivity contribution in [3.63, 3.8) is 0 Å². The second-order valence-electron chi connectivity index (χ2n) is 8.31. The predicted octanol–water partition coefficient (Wildman–Crippen LogP) is 3.97. The van der Waals surface area contributed by atoms with Crippen molar-refractivity contribution in [3.05, 3.63) is 51.4 Å². The summed E-state index contributed by atoms with van der Waals surface area (Å²) in [5, 5.41) is 6.48. The number of hydrogen-bond acceptors (Lipinski definition) is 8. The van der Waals surface area contributed by atoms with Crippen LogP contribution in [-0.2, 0) is 17.7 Å². The highest BCUT2D eigenvalue weighted by Crippen LogP contribution is 2.29. The first-order valence-electron chi connectivity index (χ1n) is 11.8. The van der Waals surface area contributed by atoms with Crippen LogP contribution < -0.4 is 20.5 Å². The zero-order valence-electron chi connectivity index (χ0n) is 20.5. The lowest BCUT2D eigenvalue weighted by atomic mass is 10.1. The molecule has 1 saturated heterocycles. The summed E-state index contributed by atoms with van der Waals surface area (Å²) in [5.41, 5.74) is 3.23. The molecule has 4 rings (SSSR count). The molecule has 0 amide bonds. The Labute approximate surface area is 204 Å². The number of hydrogen-bond donors (Lipinski definition) is 1. The van der Waals surface area contributed by atoms with Gasteiger partial charge in [0.15, 0.2) is 5.13 Å². The highest BCUT2D eigenvalue weighted by molar-refractivity contribution is 7.13. The van der Waals surface area contributed by atoms with Crippen LogP contribution in [0.4, 0.5) is 10.8 Å². The molecule has 0 saturated carbocycles. The molecule has 34 heavy (non-hydrogen) atoms. The van der Waals surface area contributed by atoms with Gasteiger partial charge in [0, 0.05) is 43.4 Å². The Balaban J connectivity index is 1.72.